The summed E-state index contributed by atoms with van der Waals surface area (Å²) in [5.41, 5.74) is 5.42. The summed E-state index contributed by atoms with van der Waals surface area (Å²) in [6, 6.07) is 0.263. The molecular weight excluding hydrogens is 170 g/mol. The summed E-state index contributed by atoms with van der Waals surface area (Å²) in [5.74, 6) is 0.573. The molecule has 0 aliphatic carbocycles. The fraction of sp³-hybridized carbons (Fsp3) is 0.571. The van der Waals surface area contributed by atoms with Gasteiger partial charge in [0.05, 0.1) is 6.61 Å². The van der Waals surface area contributed by atoms with Gasteiger partial charge in [0, 0.05) is 7.05 Å². The topological polar surface area (TPSA) is 86.0 Å². The van der Waals surface area contributed by atoms with Crippen molar-refractivity contribution in [2.75, 3.05) is 24.7 Å². The normalized spacial score (nSPS) is 9.69. The summed E-state index contributed by atoms with van der Waals surface area (Å²) in [7, 11) is 1.71. The molecule has 0 aliphatic heterocycles. The number of aromatic nitrogens is 3. The van der Waals surface area contributed by atoms with Crippen LogP contribution in [0, 0.1) is 0 Å². The van der Waals surface area contributed by atoms with Crippen LogP contribution in [0.3, 0.4) is 0 Å². The lowest BCUT2D eigenvalue weighted by molar-refractivity contribution is 0.292. The monoisotopic (exact) mass is 183 g/mol. The molecule has 6 nitrogen and oxygen atoms in total. The molecule has 72 valence electrons. The smallest absolute Gasteiger partial charge is 0.323 e. The van der Waals surface area contributed by atoms with Crippen molar-refractivity contribution in [3.63, 3.8) is 0 Å². The van der Waals surface area contributed by atoms with Gasteiger partial charge in [-0.2, -0.15) is 15.0 Å². The third kappa shape index (κ3) is 2.73. The van der Waals surface area contributed by atoms with Gasteiger partial charge in [0.1, 0.15) is 0 Å². The molecule has 0 aliphatic rings. The minimum Gasteiger partial charge on any atom is -0.463 e. The highest BCUT2D eigenvalue weighted by molar-refractivity contribution is 5.31. The maximum Gasteiger partial charge on any atom is 0.323 e. The predicted octanol–water partition coefficient (Wildman–Crippen LogP) is 0.284. The van der Waals surface area contributed by atoms with E-state index in [9.17, 15) is 0 Å². The third-order valence-corrected chi connectivity index (χ3v) is 1.29. The molecular formula is C7H13N5O. The molecule has 0 fully saturated rings. The molecule has 0 unspecified atom stereocenters. The molecule has 1 heterocycles. The highest BCUT2D eigenvalue weighted by Gasteiger charge is 2.02. The Balaban J connectivity index is 2.76. The van der Waals surface area contributed by atoms with Crippen LogP contribution in [0.15, 0.2) is 0 Å². The Morgan fingerprint density at radius 1 is 1.38 bits per heavy atom. The van der Waals surface area contributed by atoms with Crippen LogP contribution in [0.5, 0.6) is 6.01 Å². The summed E-state index contributed by atoms with van der Waals surface area (Å²) < 4.78 is 5.20. The molecule has 0 atom stereocenters. The van der Waals surface area contributed by atoms with Crippen LogP contribution in [0.4, 0.5) is 11.9 Å². The van der Waals surface area contributed by atoms with Gasteiger partial charge in [0.15, 0.2) is 0 Å². The second-order valence-electron chi connectivity index (χ2n) is 2.40. The molecule has 3 N–H and O–H groups in total. The predicted molar refractivity (Wildman–Crippen MR) is 49.6 cm³/mol. The zero-order chi connectivity index (χ0) is 9.68. The minimum absolute atomic E-state index is 0.158. The van der Waals surface area contributed by atoms with Crippen LogP contribution in [0.2, 0.25) is 0 Å². The van der Waals surface area contributed by atoms with E-state index in [1.165, 1.54) is 0 Å². The second kappa shape index (κ2) is 4.44. The van der Waals surface area contributed by atoms with E-state index in [0.717, 1.165) is 6.42 Å². The Morgan fingerprint density at radius 2 is 2.15 bits per heavy atom. The van der Waals surface area contributed by atoms with Gasteiger partial charge >= 0.3 is 6.01 Å². The van der Waals surface area contributed by atoms with Crippen molar-refractivity contribution >= 4 is 11.9 Å². The van der Waals surface area contributed by atoms with Gasteiger partial charge in [-0.25, -0.2) is 0 Å². The lowest BCUT2D eigenvalue weighted by Gasteiger charge is -2.04. The van der Waals surface area contributed by atoms with Gasteiger partial charge in [-0.05, 0) is 6.42 Å². The number of rotatable bonds is 4. The summed E-state index contributed by atoms with van der Waals surface area (Å²) in [6.45, 7) is 2.58. The van der Waals surface area contributed by atoms with Crippen LogP contribution in [-0.2, 0) is 0 Å². The van der Waals surface area contributed by atoms with Gasteiger partial charge in [0.2, 0.25) is 11.9 Å². The lowest BCUT2D eigenvalue weighted by Crippen LogP contribution is -2.07. The van der Waals surface area contributed by atoms with Crippen LogP contribution in [-0.4, -0.2) is 28.6 Å². The molecule has 0 spiro atoms. The van der Waals surface area contributed by atoms with Crippen molar-refractivity contribution in [1.82, 2.24) is 15.0 Å². The first kappa shape index (κ1) is 9.50. The number of nitrogens with two attached hydrogens (primary N) is 1. The maximum atomic E-state index is 5.42. The van der Waals surface area contributed by atoms with Crippen LogP contribution >= 0.6 is 0 Å². The first-order valence-corrected chi connectivity index (χ1v) is 4.08. The van der Waals surface area contributed by atoms with E-state index in [1.807, 2.05) is 6.92 Å². The number of hydrogen-bond donors (Lipinski definition) is 2. The summed E-state index contributed by atoms with van der Waals surface area (Å²) in [4.78, 5) is 11.6. The van der Waals surface area contributed by atoms with Crippen LogP contribution in [0.1, 0.15) is 13.3 Å². The van der Waals surface area contributed by atoms with Gasteiger partial charge in [-0.15, -0.1) is 0 Å². The molecule has 13 heavy (non-hydrogen) atoms. The fourth-order valence-corrected chi connectivity index (χ4v) is 0.742. The molecule has 1 rings (SSSR count). The lowest BCUT2D eigenvalue weighted by atomic mass is 10.5. The van der Waals surface area contributed by atoms with E-state index in [1.54, 1.807) is 7.05 Å². The van der Waals surface area contributed by atoms with E-state index >= 15 is 0 Å². The zero-order valence-corrected chi connectivity index (χ0v) is 7.74. The molecule has 0 bridgehead atoms. The van der Waals surface area contributed by atoms with Crippen LogP contribution < -0.4 is 15.8 Å². The van der Waals surface area contributed by atoms with E-state index < -0.39 is 0 Å². The number of nitrogens with zero attached hydrogens (tertiary/aromatic N) is 3. The van der Waals surface area contributed by atoms with E-state index in [4.69, 9.17) is 10.5 Å². The number of nitrogen functional groups attached to an aromatic ring is 1. The molecule has 1 aromatic rings. The van der Waals surface area contributed by atoms with E-state index in [2.05, 4.69) is 20.3 Å². The second-order valence-corrected chi connectivity index (χ2v) is 2.40. The third-order valence-electron chi connectivity index (χ3n) is 1.29. The Labute approximate surface area is 76.6 Å². The Morgan fingerprint density at radius 3 is 2.77 bits per heavy atom. The molecule has 0 amide bonds. The number of hydrogen-bond acceptors (Lipinski definition) is 6. The van der Waals surface area contributed by atoms with E-state index in [-0.39, 0.29) is 12.0 Å². The average molecular weight is 183 g/mol. The number of nitrogens with one attached hydrogen (secondary N) is 1. The summed E-state index contributed by atoms with van der Waals surface area (Å²) in [6.07, 6.45) is 0.903. The van der Waals surface area contributed by atoms with Crippen molar-refractivity contribution < 1.29 is 4.74 Å². The van der Waals surface area contributed by atoms with Crippen molar-refractivity contribution in [3.8, 4) is 6.01 Å². The SMILES string of the molecule is CCCOc1nc(N)nc(NC)n1. The molecule has 0 saturated heterocycles. The number of ether oxygens (including phenoxy) is 1. The van der Waals surface area contributed by atoms with Crippen molar-refractivity contribution in [2.45, 2.75) is 13.3 Å². The highest BCUT2D eigenvalue weighted by Crippen LogP contribution is 2.07. The highest BCUT2D eigenvalue weighted by atomic mass is 16.5. The molecule has 0 aromatic carbocycles. The van der Waals surface area contributed by atoms with Crippen molar-refractivity contribution in [1.29, 1.82) is 0 Å². The van der Waals surface area contributed by atoms with Crippen molar-refractivity contribution in [2.24, 2.45) is 0 Å². The van der Waals surface area contributed by atoms with E-state index in [0.29, 0.717) is 12.6 Å². The Bertz CT molecular complexity index is 278. The molecule has 6 heteroatoms. The van der Waals surface area contributed by atoms with Gasteiger partial charge in [-0.1, -0.05) is 6.92 Å². The average Bonchev–Trinajstić information content (AvgIpc) is 2.14. The number of anilines is 2. The minimum atomic E-state index is 0.158. The largest absolute Gasteiger partial charge is 0.463 e. The van der Waals surface area contributed by atoms with Crippen LogP contribution in [0.25, 0.3) is 0 Å². The first-order valence-electron chi connectivity index (χ1n) is 4.08. The van der Waals surface area contributed by atoms with Gasteiger partial charge in [-0.3, -0.25) is 0 Å². The maximum absolute atomic E-state index is 5.42. The van der Waals surface area contributed by atoms with Gasteiger partial charge in [0.25, 0.3) is 0 Å². The van der Waals surface area contributed by atoms with Crippen molar-refractivity contribution in [3.05, 3.63) is 0 Å². The molecule has 1 aromatic heterocycles. The summed E-state index contributed by atoms with van der Waals surface area (Å²) in [5, 5.41) is 2.76. The Kier molecular flexibility index (Phi) is 3.24. The Hall–Kier alpha value is -1.59. The molecule has 0 radical (unpaired) electrons. The fourth-order valence-electron chi connectivity index (χ4n) is 0.742. The quantitative estimate of drug-likeness (QED) is 0.697. The zero-order valence-electron chi connectivity index (χ0n) is 7.74. The molecule has 0 saturated carbocycles. The first-order chi connectivity index (χ1) is 6.26. The summed E-state index contributed by atoms with van der Waals surface area (Å²) >= 11 is 0. The van der Waals surface area contributed by atoms with Gasteiger partial charge < -0.3 is 15.8 Å². The standard InChI is InChI=1S/C7H13N5O/c1-3-4-13-7-11-5(8)10-6(9-2)12-7/h3-4H2,1-2H3,(H3,8,9,10,11,12).